The Labute approximate surface area is 128 Å². The number of rotatable bonds is 4. The molecule has 0 bridgehead atoms. The summed E-state index contributed by atoms with van der Waals surface area (Å²) in [5, 5.41) is 3.55. The molecule has 1 aromatic carbocycles. The molecule has 3 rings (SSSR count). The predicted molar refractivity (Wildman–Crippen MR) is 87.8 cm³/mol. The van der Waals surface area contributed by atoms with Gasteiger partial charge in [0, 0.05) is 30.7 Å². The predicted octanol–water partition coefficient (Wildman–Crippen LogP) is 3.12. The molecule has 0 aliphatic carbocycles. The highest BCUT2D eigenvalue weighted by Crippen LogP contribution is 2.49. The molecular formula is C17H28N2O2. The minimum absolute atomic E-state index is 0. The molecule has 21 heavy (non-hydrogen) atoms. The number of hydrogen-bond acceptors (Lipinski definition) is 4. The van der Waals surface area contributed by atoms with E-state index in [0.29, 0.717) is 6.04 Å². The molecule has 1 aromatic rings. The van der Waals surface area contributed by atoms with Gasteiger partial charge in [0.05, 0.1) is 14.2 Å². The fourth-order valence-electron chi connectivity index (χ4n) is 3.98. The lowest BCUT2D eigenvalue weighted by atomic mass is 9.77. The van der Waals surface area contributed by atoms with E-state index in [2.05, 4.69) is 30.3 Å². The number of fused-ring (bicyclic) bond motifs is 1. The first-order valence-corrected chi connectivity index (χ1v) is 7.78. The molecule has 1 N–H and O–H groups in total. The van der Waals surface area contributed by atoms with Crippen molar-refractivity contribution in [2.24, 2.45) is 0 Å². The van der Waals surface area contributed by atoms with Gasteiger partial charge in [0.25, 0.3) is 0 Å². The van der Waals surface area contributed by atoms with Crippen LogP contribution in [0.25, 0.3) is 0 Å². The van der Waals surface area contributed by atoms with E-state index in [9.17, 15) is 0 Å². The van der Waals surface area contributed by atoms with Crippen molar-refractivity contribution in [3.63, 3.8) is 0 Å². The fourth-order valence-corrected chi connectivity index (χ4v) is 3.98. The maximum absolute atomic E-state index is 5.69. The van der Waals surface area contributed by atoms with Gasteiger partial charge in [-0.1, -0.05) is 6.92 Å². The minimum Gasteiger partial charge on any atom is -0.493 e. The topological polar surface area (TPSA) is 33.7 Å². The van der Waals surface area contributed by atoms with Crippen LogP contribution < -0.4 is 14.8 Å². The number of methoxy groups -OCH3 is 2. The van der Waals surface area contributed by atoms with Crippen LogP contribution in [0.5, 0.6) is 11.5 Å². The smallest absolute Gasteiger partial charge is 0.166 e. The van der Waals surface area contributed by atoms with Crippen LogP contribution >= 0.6 is 0 Å². The molecule has 2 heterocycles. The summed E-state index contributed by atoms with van der Waals surface area (Å²) in [6.07, 6.45) is 3.77. The summed E-state index contributed by atoms with van der Waals surface area (Å²) in [5.74, 6) is 1.72. The van der Waals surface area contributed by atoms with Gasteiger partial charge in [0.15, 0.2) is 11.5 Å². The third-order valence-electron chi connectivity index (χ3n) is 5.18. The number of benzene rings is 1. The highest BCUT2D eigenvalue weighted by atomic mass is 16.5. The van der Waals surface area contributed by atoms with Crippen molar-refractivity contribution < 1.29 is 10.9 Å². The lowest BCUT2D eigenvalue weighted by molar-refractivity contribution is 0.250. The molecule has 0 aromatic heterocycles. The second-order valence-electron chi connectivity index (χ2n) is 6.62. The summed E-state index contributed by atoms with van der Waals surface area (Å²) in [4.78, 5) is 2.50. The zero-order chi connectivity index (χ0) is 15.0. The van der Waals surface area contributed by atoms with Gasteiger partial charge in [-0.25, -0.2) is 0 Å². The molecule has 2 aliphatic rings. The van der Waals surface area contributed by atoms with Gasteiger partial charge in [-0.15, -0.1) is 0 Å². The van der Waals surface area contributed by atoms with Crippen molar-refractivity contribution >= 4 is 5.69 Å². The van der Waals surface area contributed by atoms with E-state index in [-0.39, 0.29) is 6.84 Å². The molecule has 0 spiro atoms. The Balaban J connectivity index is 0.00000176. The van der Waals surface area contributed by atoms with Crippen molar-refractivity contribution in [3.05, 3.63) is 17.7 Å². The first-order chi connectivity index (χ1) is 10.1. The van der Waals surface area contributed by atoms with E-state index in [4.69, 9.17) is 9.47 Å². The van der Waals surface area contributed by atoms with Crippen LogP contribution in [0, 0.1) is 0 Å². The van der Waals surface area contributed by atoms with E-state index in [0.717, 1.165) is 24.5 Å². The van der Waals surface area contributed by atoms with Gasteiger partial charge in [-0.05, 0) is 45.0 Å². The van der Waals surface area contributed by atoms with Crippen LogP contribution in [-0.4, -0.2) is 45.3 Å². The van der Waals surface area contributed by atoms with Crippen molar-refractivity contribution in [2.45, 2.75) is 37.6 Å². The van der Waals surface area contributed by atoms with Crippen LogP contribution in [0.4, 0.5) is 5.69 Å². The summed E-state index contributed by atoms with van der Waals surface area (Å²) in [7, 11) is 5.68. The van der Waals surface area contributed by atoms with Gasteiger partial charge < -0.3 is 19.7 Å². The highest BCUT2D eigenvalue weighted by Gasteiger charge is 2.41. The standard InChI is InChI=1S/C17H26N2O2.H2/c1-17(10-12-6-5-9-19(12)2)11-18-13-7-8-14(20-3)16(21-4)15(13)17;/h7-8,12,18H,5-6,9-11H2,1-4H3;1H/t12-,17?;/m1./s1. The van der Waals surface area contributed by atoms with E-state index < -0.39 is 0 Å². The largest absolute Gasteiger partial charge is 0.493 e. The summed E-state index contributed by atoms with van der Waals surface area (Å²) >= 11 is 0. The molecule has 1 fully saturated rings. The second kappa shape index (κ2) is 5.41. The summed E-state index contributed by atoms with van der Waals surface area (Å²) in [5.41, 5.74) is 2.57. The fraction of sp³-hybridized carbons (Fsp3) is 0.647. The highest BCUT2D eigenvalue weighted by molar-refractivity contribution is 5.69. The summed E-state index contributed by atoms with van der Waals surface area (Å²) in [6, 6.07) is 4.76. The molecule has 2 aliphatic heterocycles. The van der Waals surface area contributed by atoms with Crippen LogP contribution in [0.15, 0.2) is 12.1 Å². The van der Waals surface area contributed by atoms with Gasteiger partial charge in [-0.2, -0.15) is 0 Å². The van der Waals surface area contributed by atoms with Crippen molar-refractivity contribution in [1.82, 2.24) is 4.90 Å². The first kappa shape index (κ1) is 14.5. The van der Waals surface area contributed by atoms with E-state index in [1.165, 1.54) is 30.6 Å². The number of likely N-dealkylation sites (tertiary alicyclic amines) is 1. The molecule has 4 heteroatoms. The monoisotopic (exact) mass is 292 g/mol. The SMILES string of the molecule is COc1ccc2c(c1OC)C(C)(C[C@H]1CCCN1C)CN2.[HH]. The summed E-state index contributed by atoms with van der Waals surface area (Å²) < 4.78 is 11.2. The molecule has 1 unspecified atom stereocenters. The lowest BCUT2D eigenvalue weighted by Gasteiger charge is -2.32. The normalized spacial score (nSPS) is 28.3. The van der Waals surface area contributed by atoms with Crippen LogP contribution in [-0.2, 0) is 5.41 Å². The zero-order valence-corrected chi connectivity index (χ0v) is 13.5. The quantitative estimate of drug-likeness (QED) is 0.924. The first-order valence-electron chi connectivity index (χ1n) is 7.78. The molecular weight excluding hydrogens is 264 g/mol. The molecule has 1 saturated heterocycles. The second-order valence-corrected chi connectivity index (χ2v) is 6.62. The van der Waals surface area contributed by atoms with Gasteiger partial charge in [0.2, 0.25) is 0 Å². The van der Waals surface area contributed by atoms with Crippen LogP contribution in [0.1, 0.15) is 33.2 Å². The molecule has 118 valence electrons. The number of ether oxygens (including phenoxy) is 2. The Bertz CT molecular complexity index is 538. The molecule has 4 nitrogen and oxygen atoms in total. The van der Waals surface area contributed by atoms with Gasteiger partial charge >= 0.3 is 0 Å². The van der Waals surface area contributed by atoms with Crippen LogP contribution in [0.2, 0.25) is 0 Å². The Morgan fingerprint density at radius 3 is 2.81 bits per heavy atom. The van der Waals surface area contributed by atoms with E-state index >= 15 is 0 Å². The van der Waals surface area contributed by atoms with Crippen molar-refractivity contribution in [3.8, 4) is 11.5 Å². The molecule has 0 amide bonds. The number of anilines is 1. The summed E-state index contributed by atoms with van der Waals surface area (Å²) in [6.45, 7) is 4.53. The third kappa shape index (κ3) is 2.35. The molecule has 0 radical (unpaired) electrons. The van der Waals surface area contributed by atoms with Gasteiger partial charge in [-0.3, -0.25) is 0 Å². The third-order valence-corrected chi connectivity index (χ3v) is 5.18. The Morgan fingerprint density at radius 1 is 1.38 bits per heavy atom. The van der Waals surface area contributed by atoms with Gasteiger partial charge in [0.1, 0.15) is 0 Å². The zero-order valence-electron chi connectivity index (χ0n) is 13.5. The van der Waals surface area contributed by atoms with E-state index in [1.807, 2.05) is 6.07 Å². The van der Waals surface area contributed by atoms with Crippen molar-refractivity contribution in [1.29, 1.82) is 0 Å². The Kier molecular flexibility index (Phi) is 3.74. The average Bonchev–Trinajstić information content (AvgIpc) is 3.03. The van der Waals surface area contributed by atoms with Crippen LogP contribution in [0.3, 0.4) is 0 Å². The maximum Gasteiger partial charge on any atom is 0.166 e. The molecule has 2 atom stereocenters. The average molecular weight is 292 g/mol. The number of hydrogen-bond donors (Lipinski definition) is 1. The number of nitrogens with zero attached hydrogens (tertiary/aromatic N) is 1. The maximum atomic E-state index is 5.69. The number of nitrogens with one attached hydrogen (secondary N) is 1. The minimum atomic E-state index is 0. The van der Waals surface area contributed by atoms with Crippen molar-refractivity contribution in [2.75, 3.05) is 39.7 Å². The Hall–Kier alpha value is -1.42. The Morgan fingerprint density at radius 2 is 2.19 bits per heavy atom. The molecule has 0 saturated carbocycles. The van der Waals surface area contributed by atoms with E-state index in [1.54, 1.807) is 14.2 Å². The lowest BCUT2D eigenvalue weighted by Crippen LogP contribution is -2.35.